The quantitative estimate of drug-likeness (QED) is 0.00930. The largest absolute Gasteiger partial charge is 0.565 e. The summed E-state index contributed by atoms with van der Waals surface area (Å²) in [6, 6.07) is 15.2. The zero-order chi connectivity index (χ0) is 93.6. The molecule has 14 atom stereocenters. The van der Waals surface area contributed by atoms with E-state index in [9.17, 15) is 74.3 Å². The fraction of sp³-hybridized carbons (Fsp3) is 0.427. The third-order valence-electron chi connectivity index (χ3n) is 24.5. The van der Waals surface area contributed by atoms with Gasteiger partial charge in [0.25, 0.3) is 0 Å². The minimum absolute atomic E-state index is 0. The van der Waals surface area contributed by atoms with Crippen molar-refractivity contribution >= 4 is 59.2 Å². The minimum atomic E-state index is -3.04. The molecule has 9 heterocycles. The number of piperidine rings is 3. The van der Waals surface area contributed by atoms with Crippen LogP contribution in [0, 0.1) is 76.0 Å². The first-order valence-corrected chi connectivity index (χ1v) is 46.6. The van der Waals surface area contributed by atoms with Crippen LogP contribution in [0.1, 0.15) is 178 Å². The Kier molecular flexibility index (Phi) is 32.4. The molecule has 128 heavy (non-hydrogen) atoms. The van der Waals surface area contributed by atoms with Crippen molar-refractivity contribution in [1.82, 2.24) is 29.9 Å². The smallest absolute Gasteiger partial charge is 0.521 e. The lowest BCUT2D eigenvalue weighted by atomic mass is 9.87. The fourth-order valence-corrected chi connectivity index (χ4v) is 18.7. The van der Waals surface area contributed by atoms with Crippen LogP contribution >= 0.6 is 16.5 Å². The molecule has 3 aromatic carbocycles. The highest BCUT2D eigenvalue weighted by molar-refractivity contribution is 7.30. The third-order valence-corrected chi connectivity index (χ3v) is 29.2. The van der Waals surface area contributed by atoms with Crippen molar-refractivity contribution in [1.29, 1.82) is 0 Å². The Morgan fingerprint density at radius 2 is 0.742 bits per heavy atom. The van der Waals surface area contributed by atoms with Gasteiger partial charge in [0.15, 0.2) is 25.7 Å². The van der Waals surface area contributed by atoms with Gasteiger partial charge in [0.2, 0.25) is 0 Å². The number of hydrogen-bond acceptors (Lipinski definition) is 27. The predicted molar refractivity (Wildman–Crippen MR) is 459 cm³/mol. The summed E-state index contributed by atoms with van der Waals surface area (Å²) in [4.78, 5) is 90.3. The lowest BCUT2D eigenvalue weighted by Gasteiger charge is -2.48. The van der Waals surface area contributed by atoms with Crippen LogP contribution in [0.3, 0.4) is 0 Å². The molecule has 9 aromatic rings. The van der Waals surface area contributed by atoms with Crippen molar-refractivity contribution in [3.05, 3.63) is 229 Å². The van der Waals surface area contributed by atoms with E-state index in [0.717, 1.165) is 132 Å². The van der Waals surface area contributed by atoms with Crippen LogP contribution in [0.2, 0.25) is 18.1 Å². The number of aliphatic hydroxyl groups excluding tert-OH is 4. The summed E-state index contributed by atoms with van der Waals surface area (Å²) in [6.45, 7) is 25.1. The average molecular weight is 1840 g/mol. The van der Waals surface area contributed by atoms with Gasteiger partial charge in [0, 0.05) is 164 Å². The normalized spacial score (nSPS) is 22.0. The molecule has 0 amide bonds. The first-order chi connectivity index (χ1) is 60.4. The van der Waals surface area contributed by atoms with E-state index < -0.39 is 159 Å². The molecule has 0 saturated carbocycles. The lowest BCUT2D eigenvalue weighted by molar-refractivity contribution is -0.245. The summed E-state index contributed by atoms with van der Waals surface area (Å²) >= 11 is 0. The number of rotatable bonds is 19. The van der Waals surface area contributed by atoms with Gasteiger partial charge in [-0.3, -0.25) is 29.3 Å². The number of nitrogens with two attached hydrogens (primary N) is 2. The zero-order valence-corrected chi connectivity index (χ0v) is 74.5. The summed E-state index contributed by atoms with van der Waals surface area (Å²) in [6.07, 6.45) is 5.94. The molecule has 27 nitrogen and oxygen atoms in total. The highest BCUT2D eigenvalue weighted by Crippen LogP contribution is 2.47. The second-order valence-electron chi connectivity index (χ2n) is 34.6. The minimum Gasteiger partial charge on any atom is -0.565 e. The van der Waals surface area contributed by atoms with Crippen LogP contribution in [0.5, 0.6) is 0 Å². The van der Waals surface area contributed by atoms with Gasteiger partial charge in [-0.05, 0) is 162 Å². The summed E-state index contributed by atoms with van der Waals surface area (Å²) < 4.78 is 160. The number of carbonyl (C=O) groups is 3. The van der Waals surface area contributed by atoms with Gasteiger partial charge in [-0.25, -0.2) is 65.0 Å². The molecule has 10 N–H and O–H groups in total. The maximum absolute atomic E-state index is 14.7. The Morgan fingerprint density at radius 1 is 0.461 bits per heavy atom. The number of Topliss-reactive ketones (excluding diaryl/α,β-unsaturated/α-hetero) is 3. The van der Waals surface area contributed by atoms with Crippen LogP contribution in [-0.4, -0.2) is 156 Å². The SMILES string of the molecule is C[C@@H]1CCc2c1ncc(CC(=O)c1ccc(F)c(-c3c(F)cccc3F)n1)c2N1C[C@@H](C)C(O[Si](C)(C)C(C)(C)C)[C@@H](C)C1.C[C@H]1CN(c2c(CC(=O)c3ccc(F)c(-c4c(F)cccc4F)n3)cnc3c2CC[C@H]3O)C[C@@H](N)[C@@H]1O.C[C@H]1CN(c2c(CC(=O)c3ccc(F)c(-c4c(F)cccc4F)n3)cnc3c2CC[C@H]3O)C[C@@H](N)[C@@H]1O.O=[P+]([O-])OO.O=[P+]([O-])OO.[HH].[HH]. The molecule has 3 aliphatic heterocycles. The van der Waals surface area contributed by atoms with E-state index in [0.29, 0.717) is 80.3 Å². The Bertz CT molecular complexity index is 5340. The number of halogens is 9. The molecular weight excluding hydrogens is 1740 g/mol. The van der Waals surface area contributed by atoms with E-state index in [-0.39, 0.29) is 79.8 Å². The summed E-state index contributed by atoms with van der Waals surface area (Å²) in [7, 11) is -8.05. The molecule has 39 heteroatoms. The van der Waals surface area contributed by atoms with Gasteiger partial charge >= 0.3 is 16.5 Å². The van der Waals surface area contributed by atoms with E-state index in [2.05, 4.69) is 93.8 Å². The van der Waals surface area contributed by atoms with Crippen LogP contribution in [0.4, 0.5) is 56.6 Å². The second-order valence-corrected chi connectivity index (χ2v) is 40.6. The number of aromatic nitrogens is 6. The maximum Gasteiger partial charge on any atom is 0.521 e. The first kappa shape index (κ1) is 98.8. The van der Waals surface area contributed by atoms with Crippen molar-refractivity contribution < 1.29 is 120 Å². The van der Waals surface area contributed by atoms with Crippen molar-refractivity contribution in [3.8, 4) is 33.8 Å². The van der Waals surface area contributed by atoms with Gasteiger partial charge in [0.1, 0.15) is 86.5 Å². The van der Waals surface area contributed by atoms with Crippen molar-refractivity contribution in [2.24, 2.45) is 35.1 Å². The standard InChI is InChI=1S/C35H44F3N3O2Si.2C27H27F3N4O3.2HO4P.2H2/c1-20-12-13-24-31(20)39-17-23(33(24)41-18-21(2)34(22(3)19-41)43-44(7,8)35(4,5)6)16-29(42)28-15-14-27(38)32(40-28)30-25(36)10-9-11-26(30)37;2*1-13-11-34(12-19(31)27(13)37)26-14(10-32-24-15(26)5-8-21(24)35)9-22(36)20-7-6-18(30)25(33-20)23-16(28)3-2-4-17(23)29;2*1-4-5(2)3;;/h9-11,14-15,17,20-22,34H,12-13,16,18-19H2,1-8H3;2*2-4,6-7,10,13,19,21,27,35,37H,5,8-9,11-12,31H2,1H3;2*1H;2*1H/t20-,21-,22+,34?;2*13-,19+,21+,27+;;;;/m100..../s1. The Hall–Kier alpha value is -9.76. The topological polar surface area (TPSA) is 420 Å². The van der Waals surface area contributed by atoms with E-state index in [1.54, 1.807) is 6.20 Å². The second kappa shape index (κ2) is 42.0. The monoisotopic (exact) mass is 1840 g/mol. The van der Waals surface area contributed by atoms with Gasteiger partial charge in [-0.1, -0.05) is 73.6 Å². The summed E-state index contributed by atoms with van der Waals surface area (Å²) in [5, 5.41) is 55.7. The van der Waals surface area contributed by atoms with E-state index in [1.807, 2.05) is 23.6 Å². The van der Waals surface area contributed by atoms with Crippen molar-refractivity contribution in [2.45, 2.75) is 180 Å². The highest BCUT2D eigenvalue weighted by atomic mass is 31.1. The van der Waals surface area contributed by atoms with Crippen LogP contribution in [0.15, 0.2) is 110 Å². The van der Waals surface area contributed by atoms with Crippen molar-refractivity contribution in [2.75, 3.05) is 54.0 Å². The molecule has 6 aromatic heterocycles. The number of nitrogens with zero attached hydrogens (tertiary/aromatic N) is 9. The molecule has 3 aliphatic carbocycles. The van der Waals surface area contributed by atoms with Crippen molar-refractivity contribution in [3.63, 3.8) is 0 Å². The molecule has 3 saturated heterocycles. The Balaban J connectivity index is 0.000000208. The highest BCUT2D eigenvalue weighted by Gasteiger charge is 2.46. The molecule has 3 fully saturated rings. The first-order valence-electron chi connectivity index (χ1n) is 41.5. The number of carbonyl (C=O) groups excluding carboxylic acids is 3. The molecule has 688 valence electrons. The Morgan fingerprint density at radius 3 is 1.04 bits per heavy atom. The number of aliphatic hydroxyl groups is 4. The summed E-state index contributed by atoms with van der Waals surface area (Å²) in [5.74, 6) is -9.36. The van der Waals surface area contributed by atoms with E-state index >= 15 is 0 Å². The average Bonchev–Trinajstić information content (AvgIpc) is 1.57. The third kappa shape index (κ3) is 22.3. The van der Waals surface area contributed by atoms with Crippen LogP contribution in [0.25, 0.3) is 33.8 Å². The van der Waals surface area contributed by atoms with Gasteiger partial charge in [-0.15, -0.1) is 0 Å². The van der Waals surface area contributed by atoms with Gasteiger partial charge < -0.3 is 60.8 Å². The molecule has 15 rings (SSSR count). The predicted octanol–water partition coefficient (Wildman–Crippen LogP) is 14.2. The number of pyridine rings is 6. The maximum atomic E-state index is 14.7. The molecule has 3 unspecified atom stereocenters. The molecule has 0 spiro atoms. The van der Waals surface area contributed by atoms with Gasteiger partial charge in [0.05, 0.1) is 58.6 Å². The van der Waals surface area contributed by atoms with E-state index in [1.165, 1.54) is 42.2 Å². The number of ketones is 3. The number of hydrogen-bond donors (Lipinski definition) is 8. The Labute approximate surface area is 738 Å². The molecular formula is C89H104F9N11O16P2Si. The molecule has 6 aliphatic rings. The number of anilines is 3. The fourth-order valence-electron chi connectivity index (χ4n) is 17.2. The van der Waals surface area contributed by atoms with Crippen LogP contribution < -0.4 is 36.0 Å². The lowest BCUT2D eigenvalue weighted by Crippen LogP contribution is -2.56. The number of benzene rings is 3. The number of fused-ring (bicyclic) bond motifs is 3. The molecule has 0 radical (unpaired) electrons. The van der Waals surface area contributed by atoms with Crippen LogP contribution in [-0.2, 0) is 61.4 Å². The van der Waals surface area contributed by atoms with Gasteiger partial charge in [-0.2, -0.15) is 0 Å². The summed E-state index contributed by atoms with van der Waals surface area (Å²) in [5.41, 5.74) is 18.0. The molecule has 0 bridgehead atoms. The zero-order valence-electron chi connectivity index (χ0n) is 71.7. The van der Waals surface area contributed by atoms with E-state index in [4.69, 9.17) is 50.3 Å².